The van der Waals surface area contributed by atoms with Gasteiger partial charge < -0.3 is 4.42 Å². The number of nitrogens with zero attached hydrogens (tertiary/aromatic N) is 5. The van der Waals surface area contributed by atoms with Gasteiger partial charge in [0.25, 0.3) is 5.89 Å². The molecule has 0 fully saturated rings. The molecule has 0 amide bonds. The van der Waals surface area contributed by atoms with Crippen LogP contribution in [-0.2, 0) is 12.6 Å². The van der Waals surface area contributed by atoms with E-state index in [4.69, 9.17) is 16.0 Å². The van der Waals surface area contributed by atoms with Crippen molar-refractivity contribution in [2.75, 3.05) is 0 Å². The van der Waals surface area contributed by atoms with Gasteiger partial charge in [-0.2, -0.15) is 18.3 Å². The van der Waals surface area contributed by atoms with E-state index in [1.54, 1.807) is 18.2 Å². The standard InChI is InChI=1S/C17H11ClF3N5O/c1-9-5-13(17(19,20)21)26-14(22-9)8-12(25-26)16-24-23-15(27-16)7-10-3-2-4-11(18)6-10/h2-6,8H,7H2,1H3. The Balaban J connectivity index is 1.70. The number of hydrogen-bond donors (Lipinski definition) is 0. The molecule has 0 saturated heterocycles. The zero-order chi connectivity index (χ0) is 19.2. The Bertz CT molecular complexity index is 1140. The highest BCUT2D eigenvalue weighted by molar-refractivity contribution is 6.30. The van der Waals surface area contributed by atoms with Crippen LogP contribution in [0.25, 0.3) is 17.2 Å². The van der Waals surface area contributed by atoms with Gasteiger partial charge >= 0.3 is 6.18 Å². The van der Waals surface area contributed by atoms with E-state index in [1.165, 1.54) is 13.0 Å². The summed E-state index contributed by atoms with van der Waals surface area (Å²) < 4.78 is 46.0. The van der Waals surface area contributed by atoms with E-state index in [1.807, 2.05) is 6.07 Å². The van der Waals surface area contributed by atoms with Gasteiger partial charge in [-0.25, -0.2) is 9.50 Å². The van der Waals surface area contributed by atoms with Crippen LogP contribution in [0.4, 0.5) is 13.2 Å². The summed E-state index contributed by atoms with van der Waals surface area (Å²) in [7, 11) is 0. The fraction of sp³-hybridized carbons (Fsp3) is 0.176. The Labute approximate surface area is 155 Å². The van der Waals surface area contributed by atoms with Gasteiger partial charge in [0, 0.05) is 16.8 Å². The molecule has 0 radical (unpaired) electrons. The molecular weight excluding hydrogens is 383 g/mol. The van der Waals surface area contributed by atoms with Crippen molar-refractivity contribution < 1.29 is 17.6 Å². The number of aromatic nitrogens is 5. The van der Waals surface area contributed by atoms with Gasteiger partial charge in [-0.15, -0.1) is 10.2 Å². The number of benzene rings is 1. The zero-order valence-corrected chi connectivity index (χ0v) is 14.6. The number of aryl methyl sites for hydroxylation is 1. The first-order valence-corrected chi connectivity index (χ1v) is 8.19. The minimum atomic E-state index is -4.57. The second kappa shape index (κ2) is 6.34. The fourth-order valence-corrected chi connectivity index (χ4v) is 2.87. The van der Waals surface area contributed by atoms with E-state index < -0.39 is 11.9 Å². The summed E-state index contributed by atoms with van der Waals surface area (Å²) in [5, 5.41) is 12.3. The van der Waals surface area contributed by atoms with Crippen LogP contribution in [0.3, 0.4) is 0 Å². The Morgan fingerprint density at radius 3 is 2.70 bits per heavy atom. The molecule has 10 heteroatoms. The predicted octanol–water partition coefficient (Wildman–Crippen LogP) is 4.35. The maximum atomic E-state index is 13.2. The Kier molecular flexibility index (Phi) is 4.11. The molecule has 1 aromatic carbocycles. The first-order chi connectivity index (χ1) is 12.8. The first-order valence-electron chi connectivity index (χ1n) is 7.81. The van der Waals surface area contributed by atoms with Gasteiger partial charge in [-0.1, -0.05) is 23.7 Å². The van der Waals surface area contributed by atoms with Crippen molar-refractivity contribution in [2.24, 2.45) is 0 Å². The lowest BCUT2D eigenvalue weighted by molar-refractivity contribution is -0.142. The fourth-order valence-electron chi connectivity index (χ4n) is 2.66. The van der Waals surface area contributed by atoms with Gasteiger partial charge in [0.2, 0.25) is 5.89 Å². The topological polar surface area (TPSA) is 69.1 Å². The van der Waals surface area contributed by atoms with Crippen molar-refractivity contribution in [3.05, 3.63) is 64.3 Å². The average molecular weight is 394 g/mol. The number of rotatable bonds is 3. The predicted molar refractivity (Wildman–Crippen MR) is 90.3 cm³/mol. The smallest absolute Gasteiger partial charge is 0.419 e. The normalized spacial score (nSPS) is 12.0. The van der Waals surface area contributed by atoms with E-state index in [-0.39, 0.29) is 22.9 Å². The van der Waals surface area contributed by atoms with Gasteiger partial charge in [-0.3, -0.25) is 0 Å². The highest BCUT2D eigenvalue weighted by atomic mass is 35.5. The molecule has 0 atom stereocenters. The number of hydrogen-bond acceptors (Lipinski definition) is 5. The lowest BCUT2D eigenvalue weighted by Crippen LogP contribution is -2.13. The highest BCUT2D eigenvalue weighted by Crippen LogP contribution is 2.31. The largest absolute Gasteiger partial charge is 0.433 e. The van der Waals surface area contributed by atoms with E-state index in [9.17, 15) is 13.2 Å². The third-order valence-electron chi connectivity index (χ3n) is 3.78. The summed E-state index contributed by atoms with van der Waals surface area (Å²) in [5.74, 6) is 0.313. The molecule has 6 nitrogen and oxygen atoms in total. The summed E-state index contributed by atoms with van der Waals surface area (Å²) >= 11 is 5.94. The van der Waals surface area contributed by atoms with E-state index in [2.05, 4.69) is 20.3 Å². The minimum absolute atomic E-state index is 0.0169. The third-order valence-corrected chi connectivity index (χ3v) is 4.01. The molecule has 138 valence electrons. The molecule has 0 N–H and O–H groups in total. The second-order valence-corrected chi connectivity index (χ2v) is 6.32. The summed E-state index contributed by atoms with van der Waals surface area (Å²) in [4.78, 5) is 4.08. The monoisotopic (exact) mass is 393 g/mol. The van der Waals surface area contributed by atoms with Crippen LogP contribution in [0.15, 0.2) is 40.8 Å². The van der Waals surface area contributed by atoms with Crippen LogP contribution in [0.1, 0.15) is 22.8 Å². The number of alkyl halides is 3. The Hall–Kier alpha value is -2.94. The Morgan fingerprint density at radius 1 is 1.15 bits per heavy atom. The summed E-state index contributed by atoms with van der Waals surface area (Å²) in [6, 6.07) is 9.46. The molecule has 0 aliphatic rings. The first kappa shape index (κ1) is 17.5. The van der Waals surface area contributed by atoms with Gasteiger partial charge in [0.15, 0.2) is 11.3 Å². The van der Waals surface area contributed by atoms with Gasteiger partial charge in [0.05, 0.1) is 6.42 Å². The van der Waals surface area contributed by atoms with Crippen LogP contribution in [0, 0.1) is 6.92 Å². The molecule has 3 aromatic heterocycles. The molecule has 0 unspecified atom stereocenters. The molecule has 0 saturated carbocycles. The highest BCUT2D eigenvalue weighted by Gasteiger charge is 2.35. The molecule has 27 heavy (non-hydrogen) atoms. The van der Waals surface area contributed by atoms with Crippen LogP contribution in [0.2, 0.25) is 5.02 Å². The van der Waals surface area contributed by atoms with Crippen molar-refractivity contribution in [2.45, 2.75) is 19.5 Å². The number of halogens is 4. The van der Waals surface area contributed by atoms with Crippen LogP contribution in [0.5, 0.6) is 0 Å². The summed E-state index contributed by atoms with van der Waals surface area (Å²) in [6.45, 7) is 1.48. The van der Waals surface area contributed by atoms with Crippen molar-refractivity contribution in [1.29, 1.82) is 0 Å². The Morgan fingerprint density at radius 2 is 1.96 bits per heavy atom. The van der Waals surface area contributed by atoms with Crippen molar-refractivity contribution in [1.82, 2.24) is 24.8 Å². The van der Waals surface area contributed by atoms with Gasteiger partial charge in [-0.05, 0) is 30.7 Å². The van der Waals surface area contributed by atoms with Crippen molar-refractivity contribution >= 4 is 17.2 Å². The van der Waals surface area contributed by atoms with Gasteiger partial charge in [0.1, 0.15) is 5.69 Å². The van der Waals surface area contributed by atoms with Crippen molar-refractivity contribution in [3.8, 4) is 11.6 Å². The molecule has 0 bridgehead atoms. The second-order valence-electron chi connectivity index (χ2n) is 5.89. The maximum Gasteiger partial charge on any atom is 0.433 e. The summed E-state index contributed by atoms with van der Waals surface area (Å²) in [5.41, 5.74) is 0.336. The molecule has 4 aromatic rings. The SMILES string of the molecule is Cc1cc(C(F)(F)F)n2nc(-c3nnc(Cc4cccc(Cl)c4)o3)cc2n1. The average Bonchev–Trinajstić information content (AvgIpc) is 3.19. The lowest BCUT2D eigenvalue weighted by Gasteiger charge is -2.08. The molecule has 0 aliphatic heterocycles. The van der Waals surface area contributed by atoms with E-state index >= 15 is 0 Å². The molecule has 0 spiro atoms. The maximum absolute atomic E-state index is 13.2. The molecule has 4 rings (SSSR count). The van der Waals surface area contributed by atoms with E-state index in [0.717, 1.165) is 16.1 Å². The summed E-state index contributed by atoms with van der Waals surface area (Å²) in [6.07, 6.45) is -4.23. The van der Waals surface area contributed by atoms with Crippen molar-refractivity contribution in [3.63, 3.8) is 0 Å². The molecule has 3 heterocycles. The quantitative estimate of drug-likeness (QED) is 0.517. The number of fused-ring (bicyclic) bond motifs is 1. The van der Waals surface area contributed by atoms with Crippen LogP contribution < -0.4 is 0 Å². The minimum Gasteiger partial charge on any atom is -0.419 e. The molecular formula is C17H11ClF3N5O. The van der Waals surface area contributed by atoms with E-state index in [0.29, 0.717) is 17.3 Å². The lowest BCUT2D eigenvalue weighted by atomic mass is 10.1. The molecule has 0 aliphatic carbocycles. The van der Waals surface area contributed by atoms with Crippen LogP contribution >= 0.6 is 11.6 Å². The van der Waals surface area contributed by atoms with Crippen LogP contribution in [-0.4, -0.2) is 24.8 Å². The third kappa shape index (κ3) is 3.50. The zero-order valence-electron chi connectivity index (χ0n) is 13.8.